The Morgan fingerprint density at radius 3 is 2.75 bits per heavy atom. The quantitative estimate of drug-likeness (QED) is 0.814. The fourth-order valence-corrected chi connectivity index (χ4v) is 3.48. The van der Waals surface area contributed by atoms with Gasteiger partial charge in [-0.1, -0.05) is 6.92 Å². The Hall–Kier alpha value is -0.940. The molecule has 0 spiro atoms. The van der Waals surface area contributed by atoms with Crippen LogP contribution in [0.4, 0.5) is 0 Å². The number of hydrogen-bond acceptors (Lipinski definition) is 5. The maximum absolute atomic E-state index is 11.8. The number of thiophene rings is 1. The first-order valence-electron chi connectivity index (χ1n) is 4.66. The van der Waals surface area contributed by atoms with E-state index in [2.05, 4.69) is 4.72 Å². The van der Waals surface area contributed by atoms with Crippen molar-refractivity contribution in [3.63, 3.8) is 0 Å². The third-order valence-electron chi connectivity index (χ3n) is 1.99. The summed E-state index contributed by atoms with van der Waals surface area (Å²) in [7, 11) is -3.62. The Balaban J connectivity index is 2.90. The predicted molar refractivity (Wildman–Crippen MR) is 60.5 cm³/mol. The summed E-state index contributed by atoms with van der Waals surface area (Å²) in [6.07, 6.45) is 0.506. The zero-order chi connectivity index (χ0) is 12.2. The van der Waals surface area contributed by atoms with Gasteiger partial charge in [-0.3, -0.25) is 0 Å². The number of aliphatic hydroxyl groups is 1. The zero-order valence-corrected chi connectivity index (χ0v) is 10.3. The van der Waals surface area contributed by atoms with Crippen molar-refractivity contribution < 1.29 is 13.5 Å². The standard InChI is InChI=1S/C9H12N2O3S2/c1-2-7(6-12)11-16(13,14)9-4-3-8(5-10)15-9/h3-4,7,11-12H,2,6H2,1H3/t7-/m0/s1. The van der Waals surface area contributed by atoms with Crippen LogP contribution in [0.15, 0.2) is 16.3 Å². The highest BCUT2D eigenvalue weighted by Gasteiger charge is 2.20. The first kappa shape index (κ1) is 13.1. The molecule has 0 saturated carbocycles. The fraction of sp³-hybridized carbons (Fsp3) is 0.444. The first-order valence-corrected chi connectivity index (χ1v) is 6.96. The molecular formula is C9H12N2O3S2. The van der Waals surface area contributed by atoms with Gasteiger partial charge in [-0.05, 0) is 18.6 Å². The molecule has 5 nitrogen and oxygen atoms in total. The average molecular weight is 260 g/mol. The summed E-state index contributed by atoms with van der Waals surface area (Å²) >= 11 is 0.910. The number of rotatable bonds is 5. The van der Waals surface area contributed by atoms with E-state index in [9.17, 15) is 8.42 Å². The molecule has 0 amide bonds. The topological polar surface area (TPSA) is 90.2 Å². The molecule has 0 aliphatic heterocycles. The van der Waals surface area contributed by atoms with Gasteiger partial charge < -0.3 is 5.11 Å². The maximum atomic E-state index is 11.8. The van der Waals surface area contributed by atoms with Crippen LogP contribution >= 0.6 is 11.3 Å². The van der Waals surface area contributed by atoms with Crippen LogP contribution in [0.25, 0.3) is 0 Å². The van der Waals surface area contributed by atoms with Crippen molar-refractivity contribution in [3.8, 4) is 6.07 Å². The lowest BCUT2D eigenvalue weighted by atomic mass is 10.3. The van der Waals surface area contributed by atoms with Crippen LogP contribution in [-0.2, 0) is 10.0 Å². The lowest BCUT2D eigenvalue weighted by Gasteiger charge is -2.12. The lowest BCUT2D eigenvalue weighted by Crippen LogP contribution is -2.36. The summed E-state index contributed by atoms with van der Waals surface area (Å²) in [5, 5.41) is 17.5. The van der Waals surface area contributed by atoms with Crippen molar-refractivity contribution in [2.75, 3.05) is 6.61 Å². The second kappa shape index (κ2) is 5.41. The van der Waals surface area contributed by atoms with E-state index in [1.165, 1.54) is 12.1 Å². The largest absolute Gasteiger partial charge is 0.395 e. The fourth-order valence-electron chi connectivity index (χ4n) is 1.05. The molecule has 0 aromatic carbocycles. The van der Waals surface area contributed by atoms with Gasteiger partial charge in [-0.2, -0.15) is 5.26 Å². The number of nitrogens with zero attached hydrogens (tertiary/aromatic N) is 1. The van der Waals surface area contributed by atoms with Gasteiger partial charge in [0, 0.05) is 6.04 Å². The van der Waals surface area contributed by atoms with Crippen molar-refractivity contribution in [3.05, 3.63) is 17.0 Å². The van der Waals surface area contributed by atoms with Gasteiger partial charge in [0.25, 0.3) is 0 Å². The van der Waals surface area contributed by atoms with Crippen molar-refractivity contribution in [1.82, 2.24) is 4.72 Å². The van der Waals surface area contributed by atoms with Crippen molar-refractivity contribution in [2.24, 2.45) is 0 Å². The van der Waals surface area contributed by atoms with Crippen LogP contribution < -0.4 is 4.72 Å². The number of nitrogens with one attached hydrogen (secondary N) is 1. The van der Waals surface area contributed by atoms with E-state index in [0.29, 0.717) is 11.3 Å². The molecule has 7 heteroatoms. The second-order valence-electron chi connectivity index (χ2n) is 3.14. The highest BCUT2D eigenvalue weighted by molar-refractivity contribution is 7.91. The molecule has 0 bridgehead atoms. The number of nitriles is 1. The molecule has 0 aliphatic rings. The van der Waals surface area contributed by atoms with Crippen molar-refractivity contribution in [1.29, 1.82) is 5.26 Å². The molecule has 1 atom stereocenters. The molecule has 1 rings (SSSR count). The van der Waals surface area contributed by atoms with Gasteiger partial charge in [0.15, 0.2) is 0 Å². The summed E-state index contributed by atoms with van der Waals surface area (Å²) in [5.74, 6) is 0. The highest BCUT2D eigenvalue weighted by Crippen LogP contribution is 2.20. The molecule has 88 valence electrons. The molecule has 0 saturated heterocycles. The minimum Gasteiger partial charge on any atom is -0.395 e. The van der Waals surface area contributed by atoms with E-state index < -0.39 is 16.1 Å². The third kappa shape index (κ3) is 3.02. The van der Waals surface area contributed by atoms with Gasteiger partial charge in [0.05, 0.1) is 6.61 Å². The van der Waals surface area contributed by atoms with Gasteiger partial charge in [-0.15, -0.1) is 11.3 Å². The van der Waals surface area contributed by atoms with Gasteiger partial charge in [-0.25, -0.2) is 13.1 Å². The van der Waals surface area contributed by atoms with E-state index in [1.807, 2.05) is 6.07 Å². The minimum absolute atomic E-state index is 0.0935. The molecule has 16 heavy (non-hydrogen) atoms. The van der Waals surface area contributed by atoms with E-state index in [4.69, 9.17) is 10.4 Å². The molecule has 2 N–H and O–H groups in total. The molecule has 0 unspecified atom stereocenters. The van der Waals surface area contributed by atoms with E-state index >= 15 is 0 Å². The zero-order valence-electron chi connectivity index (χ0n) is 8.67. The summed E-state index contributed by atoms with van der Waals surface area (Å²) < 4.78 is 26.0. The molecule has 1 heterocycles. The molecule has 0 fully saturated rings. The summed E-state index contributed by atoms with van der Waals surface area (Å²) in [6.45, 7) is 1.53. The molecule has 0 radical (unpaired) electrons. The van der Waals surface area contributed by atoms with Crippen molar-refractivity contribution in [2.45, 2.75) is 23.6 Å². The number of sulfonamides is 1. The smallest absolute Gasteiger partial charge is 0.250 e. The predicted octanol–water partition coefficient (Wildman–Crippen LogP) is 0.669. The van der Waals surface area contributed by atoms with Gasteiger partial charge in [0.2, 0.25) is 10.0 Å². The van der Waals surface area contributed by atoms with E-state index in [0.717, 1.165) is 11.3 Å². The van der Waals surface area contributed by atoms with Crippen LogP contribution in [0.1, 0.15) is 18.2 Å². The Kier molecular flexibility index (Phi) is 4.44. The average Bonchev–Trinajstić information content (AvgIpc) is 2.75. The van der Waals surface area contributed by atoms with Crippen LogP contribution in [-0.4, -0.2) is 26.2 Å². The number of hydrogen-bond donors (Lipinski definition) is 2. The third-order valence-corrected chi connectivity index (χ3v) is 4.99. The normalized spacial score (nSPS) is 13.3. The highest BCUT2D eigenvalue weighted by atomic mass is 32.2. The minimum atomic E-state index is -3.62. The Bertz CT molecular complexity index is 483. The molecule has 0 aliphatic carbocycles. The SMILES string of the molecule is CC[C@@H](CO)NS(=O)(=O)c1ccc(C#N)s1. The molecular weight excluding hydrogens is 248 g/mol. The van der Waals surface area contributed by atoms with Crippen molar-refractivity contribution >= 4 is 21.4 Å². The molecule has 1 aromatic heterocycles. The lowest BCUT2D eigenvalue weighted by molar-refractivity contribution is 0.254. The first-order chi connectivity index (χ1) is 7.53. The van der Waals surface area contributed by atoms with E-state index in [-0.39, 0.29) is 10.8 Å². The molecule has 1 aromatic rings. The van der Waals surface area contributed by atoms with Gasteiger partial charge >= 0.3 is 0 Å². The Morgan fingerprint density at radius 2 is 2.31 bits per heavy atom. The maximum Gasteiger partial charge on any atom is 0.250 e. The Morgan fingerprint density at radius 1 is 1.62 bits per heavy atom. The van der Waals surface area contributed by atoms with Crippen LogP contribution in [0, 0.1) is 11.3 Å². The van der Waals surface area contributed by atoms with Crippen LogP contribution in [0.5, 0.6) is 0 Å². The van der Waals surface area contributed by atoms with Crippen LogP contribution in [0.2, 0.25) is 0 Å². The van der Waals surface area contributed by atoms with Gasteiger partial charge in [0.1, 0.15) is 15.2 Å². The van der Waals surface area contributed by atoms with E-state index in [1.54, 1.807) is 6.92 Å². The monoisotopic (exact) mass is 260 g/mol. The second-order valence-corrected chi connectivity index (χ2v) is 6.16. The Labute approximate surface area is 98.4 Å². The number of aliphatic hydroxyl groups excluding tert-OH is 1. The summed E-state index contributed by atoms with van der Waals surface area (Å²) in [5.41, 5.74) is 0. The summed E-state index contributed by atoms with van der Waals surface area (Å²) in [4.78, 5) is 0.345. The van der Waals surface area contributed by atoms with Crippen LogP contribution in [0.3, 0.4) is 0 Å². The summed E-state index contributed by atoms with van der Waals surface area (Å²) in [6, 6.07) is 4.23.